The topological polar surface area (TPSA) is 59.9 Å². The highest BCUT2D eigenvalue weighted by atomic mass is 35.5. The molecule has 0 bridgehead atoms. The van der Waals surface area contributed by atoms with Gasteiger partial charge in [0.15, 0.2) is 0 Å². The molecule has 1 fully saturated rings. The first-order valence-corrected chi connectivity index (χ1v) is 12.3. The van der Waals surface area contributed by atoms with Crippen LogP contribution in [-0.4, -0.2) is 48.6 Å². The third-order valence-corrected chi connectivity index (χ3v) is 6.80. The summed E-state index contributed by atoms with van der Waals surface area (Å²) in [5.41, 5.74) is 2.37. The number of hydrogen-bond donors (Lipinski definition) is 1. The Balaban J connectivity index is 1.69. The number of nitrogens with zero attached hydrogens (tertiary/aromatic N) is 4. The fourth-order valence-electron chi connectivity index (χ4n) is 4.43. The molecule has 4 rings (SSSR count). The second kappa shape index (κ2) is 11.0. The van der Waals surface area contributed by atoms with Gasteiger partial charge in [0.2, 0.25) is 6.41 Å². The van der Waals surface area contributed by atoms with Crippen LogP contribution >= 0.6 is 11.6 Å². The summed E-state index contributed by atoms with van der Waals surface area (Å²) in [5, 5.41) is 11.5. The largest absolute Gasteiger partial charge is 0.507 e. The van der Waals surface area contributed by atoms with Crippen LogP contribution in [-0.2, 0) is 4.79 Å². The lowest BCUT2D eigenvalue weighted by atomic mass is 9.97. The molecule has 3 aromatic rings. The lowest BCUT2D eigenvalue weighted by Gasteiger charge is -2.19. The first-order valence-electron chi connectivity index (χ1n) is 11.9. The number of pyridine rings is 1. The van der Waals surface area contributed by atoms with Gasteiger partial charge in [-0.05, 0) is 59.9 Å². The van der Waals surface area contributed by atoms with E-state index in [9.17, 15) is 14.3 Å². The lowest BCUT2D eigenvalue weighted by Crippen LogP contribution is -2.20. The van der Waals surface area contributed by atoms with Crippen molar-refractivity contribution in [1.29, 1.82) is 0 Å². The molecule has 6 nitrogen and oxygen atoms in total. The third-order valence-electron chi connectivity index (χ3n) is 6.49. The quantitative estimate of drug-likeness (QED) is 0.370. The summed E-state index contributed by atoms with van der Waals surface area (Å²) in [6, 6.07) is 11.2. The molecule has 0 saturated carbocycles. The second-order valence-corrected chi connectivity index (χ2v) is 9.61. The zero-order valence-corrected chi connectivity index (χ0v) is 21.4. The molecule has 0 spiro atoms. The van der Waals surface area contributed by atoms with E-state index in [1.165, 1.54) is 17.0 Å². The zero-order valence-electron chi connectivity index (χ0n) is 20.7. The van der Waals surface area contributed by atoms with Crippen molar-refractivity contribution in [3.63, 3.8) is 0 Å². The molecule has 1 unspecified atom stereocenters. The molecule has 0 aliphatic carbocycles. The first kappa shape index (κ1) is 25.5. The van der Waals surface area contributed by atoms with Crippen LogP contribution in [0.2, 0.25) is 5.02 Å². The second-order valence-electron chi connectivity index (χ2n) is 9.20. The molecule has 2 aromatic carbocycles. The fourth-order valence-corrected chi connectivity index (χ4v) is 4.71. The normalized spacial score (nSPS) is 15.5. The van der Waals surface area contributed by atoms with Crippen LogP contribution < -0.4 is 9.80 Å². The highest BCUT2D eigenvalue weighted by Crippen LogP contribution is 2.41. The predicted octanol–water partition coefficient (Wildman–Crippen LogP) is 6.15. The van der Waals surface area contributed by atoms with Gasteiger partial charge in [0, 0.05) is 56.9 Å². The fraction of sp³-hybridized carbons (Fsp3) is 0.286. The van der Waals surface area contributed by atoms with Crippen molar-refractivity contribution >= 4 is 29.5 Å². The maximum absolute atomic E-state index is 14.8. The number of amides is 1. The maximum Gasteiger partial charge on any atom is 0.218 e. The van der Waals surface area contributed by atoms with Gasteiger partial charge in [-0.25, -0.2) is 9.37 Å². The molecule has 1 amide bonds. The van der Waals surface area contributed by atoms with E-state index in [4.69, 9.17) is 11.6 Å². The van der Waals surface area contributed by atoms with Crippen molar-refractivity contribution in [2.24, 2.45) is 5.92 Å². The molecular weight excluding hydrogens is 479 g/mol. The van der Waals surface area contributed by atoms with E-state index in [0.29, 0.717) is 45.3 Å². The minimum absolute atomic E-state index is 0.0510. The minimum atomic E-state index is -0.480. The Morgan fingerprint density at radius 3 is 2.47 bits per heavy atom. The van der Waals surface area contributed by atoms with Crippen LogP contribution in [0.4, 0.5) is 15.9 Å². The Morgan fingerprint density at radius 2 is 1.86 bits per heavy atom. The van der Waals surface area contributed by atoms with Gasteiger partial charge in [-0.1, -0.05) is 31.0 Å². The van der Waals surface area contributed by atoms with E-state index in [-0.39, 0.29) is 5.75 Å². The van der Waals surface area contributed by atoms with Gasteiger partial charge >= 0.3 is 0 Å². The van der Waals surface area contributed by atoms with Gasteiger partial charge in [0.25, 0.3) is 0 Å². The Morgan fingerprint density at radius 1 is 1.14 bits per heavy atom. The summed E-state index contributed by atoms with van der Waals surface area (Å²) in [4.78, 5) is 21.5. The summed E-state index contributed by atoms with van der Waals surface area (Å²) in [6.45, 7) is 4.07. The number of rotatable bonds is 8. The van der Waals surface area contributed by atoms with Crippen molar-refractivity contribution in [3.8, 4) is 28.0 Å². The Hall–Kier alpha value is -3.58. The first-order chi connectivity index (χ1) is 17.3. The van der Waals surface area contributed by atoms with Gasteiger partial charge in [0.05, 0.1) is 10.7 Å². The van der Waals surface area contributed by atoms with Gasteiger partial charge in [-0.15, -0.1) is 0 Å². The van der Waals surface area contributed by atoms with Crippen molar-refractivity contribution in [2.75, 3.05) is 37.0 Å². The van der Waals surface area contributed by atoms with E-state index in [0.717, 1.165) is 31.7 Å². The van der Waals surface area contributed by atoms with Gasteiger partial charge in [-0.3, -0.25) is 9.69 Å². The molecule has 1 aliphatic rings. The van der Waals surface area contributed by atoms with Crippen LogP contribution in [0.25, 0.3) is 22.3 Å². The summed E-state index contributed by atoms with van der Waals surface area (Å²) >= 11 is 6.50. The molecule has 0 radical (unpaired) electrons. The van der Waals surface area contributed by atoms with Crippen LogP contribution in [0.15, 0.2) is 61.1 Å². The number of phenolic OH excluding ortho intramolecular Hbond substituents is 1. The summed E-state index contributed by atoms with van der Waals surface area (Å²) in [7, 11) is 3.68. The molecule has 2 heterocycles. The number of anilines is 2. The molecule has 188 valence electrons. The van der Waals surface area contributed by atoms with E-state index in [1.54, 1.807) is 47.8 Å². The number of carbonyl (C=O) groups excluding carboxylic acids is 1. The Kier molecular flexibility index (Phi) is 7.79. The van der Waals surface area contributed by atoms with Gasteiger partial charge in [-0.2, -0.15) is 0 Å². The maximum atomic E-state index is 14.8. The standard InChI is InChI=1S/C28H30ClFN4O2/c1-4-19-8-10-33(17-19)27-14-21(7-9-31-27)24-16-22(30)15-23(28(24)36)20-5-6-26(25(29)13-20)34(18-35)12-11-32(2)3/h5-7,9,11-16,18-19,36H,4,8,10,17H2,1-3H3/b12-11-. The number of aromatic nitrogens is 1. The van der Waals surface area contributed by atoms with E-state index >= 15 is 0 Å². The SMILES string of the molecule is CCC1CCN(c2cc(-c3cc(F)cc(-c4ccc(N(C=O)/C=C\N(C)C)c(Cl)c4)c3O)ccn2)C1. The molecular formula is C28H30ClFN4O2. The summed E-state index contributed by atoms with van der Waals surface area (Å²) < 4.78 is 14.8. The monoisotopic (exact) mass is 508 g/mol. The third kappa shape index (κ3) is 5.46. The average molecular weight is 509 g/mol. The number of aromatic hydroxyl groups is 1. The molecule has 1 N–H and O–H groups in total. The van der Waals surface area contributed by atoms with Crippen molar-refractivity contribution in [1.82, 2.24) is 9.88 Å². The number of carbonyl (C=O) groups is 1. The van der Waals surface area contributed by atoms with Gasteiger partial charge in [0.1, 0.15) is 17.4 Å². The Bertz CT molecular complexity index is 1280. The van der Waals surface area contributed by atoms with E-state index < -0.39 is 5.82 Å². The van der Waals surface area contributed by atoms with E-state index in [1.807, 2.05) is 20.2 Å². The number of hydrogen-bond acceptors (Lipinski definition) is 5. The number of phenols is 1. The van der Waals surface area contributed by atoms with Crippen LogP contribution in [0.1, 0.15) is 19.8 Å². The number of benzene rings is 2. The molecule has 1 atom stereocenters. The summed E-state index contributed by atoms with van der Waals surface area (Å²) in [6.07, 6.45) is 7.91. The number of halogens is 2. The van der Waals surface area contributed by atoms with E-state index in [2.05, 4.69) is 16.8 Å². The summed E-state index contributed by atoms with van der Waals surface area (Å²) in [5.74, 6) is 0.934. The van der Waals surface area contributed by atoms with Crippen LogP contribution in [0.5, 0.6) is 5.75 Å². The molecule has 1 saturated heterocycles. The Labute approximate surface area is 216 Å². The highest BCUT2D eigenvalue weighted by molar-refractivity contribution is 6.34. The molecule has 36 heavy (non-hydrogen) atoms. The van der Waals surface area contributed by atoms with Crippen LogP contribution in [0.3, 0.4) is 0 Å². The van der Waals surface area contributed by atoms with Crippen molar-refractivity contribution in [2.45, 2.75) is 19.8 Å². The highest BCUT2D eigenvalue weighted by Gasteiger charge is 2.23. The van der Waals surface area contributed by atoms with Gasteiger partial charge < -0.3 is 14.9 Å². The molecule has 1 aromatic heterocycles. The van der Waals surface area contributed by atoms with Crippen molar-refractivity contribution in [3.05, 3.63) is 71.9 Å². The molecule has 1 aliphatic heterocycles. The lowest BCUT2D eigenvalue weighted by molar-refractivity contribution is -0.106. The van der Waals surface area contributed by atoms with Crippen molar-refractivity contribution < 1.29 is 14.3 Å². The average Bonchev–Trinajstić information content (AvgIpc) is 3.36. The minimum Gasteiger partial charge on any atom is -0.507 e. The molecule has 8 heteroatoms. The zero-order chi connectivity index (χ0) is 25.8. The smallest absolute Gasteiger partial charge is 0.218 e. The predicted molar refractivity (Wildman–Crippen MR) is 144 cm³/mol. The van der Waals surface area contributed by atoms with Crippen LogP contribution in [0, 0.1) is 11.7 Å².